The fourth-order valence-electron chi connectivity index (χ4n) is 3.60. The minimum absolute atomic E-state index is 1.32. The van der Waals surface area contributed by atoms with Crippen LogP contribution in [0.5, 0.6) is 0 Å². The van der Waals surface area contributed by atoms with Gasteiger partial charge in [0, 0.05) is 0 Å². The molecule has 0 saturated heterocycles. The summed E-state index contributed by atoms with van der Waals surface area (Å²) in [6.45, 7) is 4.48. The first-order chi connectivity index (χ1) is 11.9. The number of rotatable bonds is 21. The first-order valence-electron chi connectivity index (χ1n) is 11.7. The van der Waals surface area contributed by atoms with Gasteiger partial charge in [-0.15, -0.1) is 0 Å². The molecular weight excluding hydrogens is 288 g/mol. The van der Waals surface area contributed by atoms with Crippen molar-refractivity contribution in [3.05, 3.63) is 6.42 Å². The third kappa shape index (κ3) is 22.0. The molecule has 0 unspecified atom stereocenters. The third-order valence-corrected chi connectivity index (χ3v) is 5.35. The normalized spacial score (nSPS) is 11.2. The second-order valence-corrected chi connectivity index (χ2v) is 7.91. The molecule has 0 aliphatic heterocycles. The van der Waals surface area contributed by atoms with Crippen molar-refractivity contribution in [2.45, 2.75) is 149 Å². The quantitative estimate of drug-likeness (QED) is 0.183. The monoisotopic (exact) mass is 337 g/mol. The minimum Gasteiger partial charge on any atom is -0.0654 e. The van der Waals surface area contributed by atoms with Crippen molar-refractivity contribution in [3.8, 4) is 0 Å². The molecule has 0 bridgehead atoms. The first-order valence-corrected chi connectivity index (χ1v) is 11.7. The molecule has 0 heterocycles. The molecule has 0 rings (SSSR count). The van der Waals surface area contributed by atoms with Crippen molar-refractivity contribution in [1.82, 2.24) is 0 Å². The van der Waals surface area contributed by atoms with Gasteiger partial charge in [0.2, 0.25) is 0 Å². The Kier molecular flexibility index (Phi) is 23.0. The Morgan fingerprint density at radius 2 is 0.625 bits per heavy atom. The van der Waals surface area contributed by atoms with Crippen LogP contribution in [0.3, 0.4) is 0 Å². The van der Waals surface area contributed by atoms with Gasteiger partial charge in [-0.1, -0.05) is 149 Å². The fraction of sp³-hybridized carbons (Fsp3) is 0.958. The zero-order chi connectivity index (χ0) is 17.6. The molecule has 145 valence electrons. The van der Waals surface area contributed by atoms with Crippen LogP contribution < -0.4 is 0 Å². The summed E-state index contributed by atoms with van der Waals surface area (Å²) in [5.74, 6) is 0. The number of unbranched alkanes of at least 4 members (excludes halogenated alkanes) is 21. The first kappa shape index (κ1) is 24.0. The maximum Gasteiger partial charge on any atom is -0.0417 e. The summed E-state index contributed by atoms with van der Waals surface area (Å²) in [4.78, 5) is 0. The van der Waals surface area contributed by atoms with Crippen molar-refractivity contribution in [3.63, 3.8) is 0 Å². The van der Waals surface area contributed by atoms with E-state index < -0.39 is 0 Å². The highest BCUT2D eigenvalue weighted by Gasteiger charge is 1.95. The lowest BCUT2D eigenvalue weighted by Crippen LogP contribution is -1.84. The predicted molar refractivity (Wildman–Crippen MR) is 113 cm³/mol. The van der Waals surface area contributed by atoms with E-state index in [0.717, 1.165) is 0 Å². The lowest BCUT2D eigenvalue weighted by molar-refractivity contribution is 0.521. The summed E-state index contributed by atoms with van der Waals surface area (Å²) in [7, 11) is 0. The molecule has 0 aliphatic carbocycles. The Hall–Kier alpha value is 0. The Morgan fingerprint density at radius 1 is 0.375 bits per heavy atom. The smallest absolute Gasteiger partial charge is 0.0417 e. The number of hydrogen-bond donors (Lipinski definition) is 0. The zero-order valence-electron chi connectivity index (χ0n) is 17.4. The maximum absolute atomic E-state index is 2.30. The van der Waals surface area contributed by atoms with Crippen molar-refractivity contribution < 1.29 is 0 Å². The summed E-state index contributed by atoms with van der Waals surface area (Å²) >= 11 is 0. The molecule has 0 aromatic heterocycles. The second-order valence-electron chi connectivity index (χ2n) is 7.91. The van der Waals surface area contributed by atoms with E-state index in [1.807, 2.05) is 0 Å². The van der Waals surface area contributed by atoms with E-state index in [9.17, 15) is 0 Å². The molecule has 0 spiro atoms. The average molecular weight is 338 g/mol. The van der Waals surface area contributed by atoms with Gasteiger partial charge in [0.05, 0.1) is 0 Å². The van der Waals surface area contributed by atoms with Gasteiger partial charge in [-0.2, -0.15) is 0 Å². The second kappa shape index (κ2) is 23.0. The van der Waals surface area contributed by atoms with E-state index in [1.165, 1.54) is 135 Å². The SMILES string of the molecule is C[CH]CCCCCCCCCCCCCCCCCCCCCC. The molecule has 0 aromatic carbocycles. The Bertz CT molecular complexity index is 174. The molecular formula is C24H49. The van der Waals surface area contributed by atoms with E-state index in [0.29, 0.717) is 0 Å². The van der Waals surface area contributed by atoms with Gasteiger partial charge >= 0.3 is 0 Å². The molecule has 0 fully saturated rings. The van der Waals surface area contributed by atoms with E-state index in [-0.39, 0.29) is 0 Å². The van der Waals surface area contributed by atoms with Crippen LogP contribution in [0.15, 0.2) is 0 Å². The van der Waals surface area contributed by atoms with Crippen LogP contribution in [-0.4, -0.2) is 0 Å². The fourth-order valence-corrected chi connectivity index (χ4v) is 3.60. The van der Waals surface area contributed by atoms with Crippen LogP contribution >= 0.6 is 0 Å². The summed E-state index contributed by atoms with van der Waals surface area (Å²) < 4.78 is 0. The van der Waals surface area contributed by atoms with Crippen LogP contribution in [0.25, 0.3) is 0 Å². The van der Waals surface area contributed by atoms with Gasteiger partial charge in [-0.3, -0.25) is 0 Å². The van der Waals surface area contributed by atoms with Crippen molar-refractivity contribution in [2.24, 2.45) is 0 Å². The minimum atomic E-state index is 1.32. The van der Waals surface area contributed by atoms with E-state index in [4.69, 9.17) is 0 Å². The lowest BCUT2D eigenvalue weighted by Gasteiger charge is -2.04. The van der Waals surface area contributed by atoms with Crippen molar-refractivity contribution in [2.75, 3.05) is 0 Å². The molecule has 1 radical (unpaired) electrons. The molecule has 24 heavy (non-hydrogen) atoms. The highest BCUT2D eigenvalue weighted by atomic mass is 14.0. The third-order valence-electron chi connectivity index (χ3n) is 5.35. The van der Waals surface area contributed by atoms with Gasteiger partial charge in [-0.25, -0.2) is 0 Å². The van der Waals surface area contributed by atoms with Gasteiger partial charge in [0.1, 0.15) is 0 Å². The highest BCUT2D eigenvalue weighted by molar-refractivity contribution is 4.56. The standard InChI is InChI=1S/C24H49/c1-3-5-7-9-11-13-15-17-19-21-23-24-22-20-18-16-14-12-10-8-6-4-2/h3H,4-24H2,1-2H3. The maximum atomic E-state index is 2.30. The van der Waals surface area contributed by atoms with E-state index >= 15 is 0 Å². The van der Waals surface area contributed by atoms with Gasteiger partial charge in [-0.05, 0) is 6.42 Å². The molecule has 0 atom stereocenters. The largest absolute Gasteiger partial charge is 0.0654 e. The molecule has 0 heteroatoms. The molecule has 0 saturated carbocycles. The molecule has 0 aliphatic rings. The van der Waals surface area contributed by atoms with Gasteiger partial charge < -0.3 is 0 Å². The number of hydrogen-bond acceptors (Lipinski definition) is 0. The van der Waals surface area contributed by atoms with Crippen molar-refractivity contribution in [1.29, 1.82) is 0 Å². The highest BCUT2D eigenvalue weighted by Crippen LogP contribution is 2.15. The molecule has 0 aromatic rings. The molecule has 0 nitrogen and oxygen atoms in total. The van der Waals surface area contributed by atoms with Crippen LogP contribution in [0, 0.1) is 6.42 Å². The van der Waals surface area contributed by atoms with Crippen LogP contribution in [0.1, 0.15) is 149 Å². The predicted octanol–water partition coefficient (Wildman–Crippen LogP) is 9.42. The summed E-state index contributed by atoms with van der Waals surface area (Å²) in [5.41, 5.74) is 0. The van der Waals surface area contributed by atoms with Gasteiger partial charge in [0.25, 0.3) is 0 Å². The van der Waals surface area contributed by atoms with Gasteiger partial charge in [0.15, 0.2) is 0 Å². The molecule has 0 amide bonds. The topological polar surface area (TPSA) is 0 Å². The Morgan fingerprint density at radius 3 is 0.875 bits per heavy atom. The Labute approximate surface area is 155 Å². The van der Waals surface area contributed by atoms with Crippen molar-refractivity contribution >= 4 is 0 Å². The average Bonchev–Trinajstić information content (AvgIpc) is 2.60. The van der Waals surface area contributed by atoms with Crippen LogP contribution in [-0.2, 0) is 0 Å². The van der Waals surface area contributed by atoms with E-state index in [1.54, 1.807) is 0 Å². The van der Waals surface area contributed by atoms with Crippen LogP contribution in [0.2, 0.25) is 0 Å². The zero-order valence-corrected chi connectivity index (χ0v) is 17.4. The summed E-state index contributed by atoms with van der Waals surface area (Å²) in [6.07, 6.45) is 33.0. The molecule has 0 N–H and O–H groups in total. The van der Waals surface area contributed by atoms with E-state index in [2.05, 4.69) is 20.3 Å². The summed E-state index contributed by atoms with van der Waals surface area (Å²) in [6, 6.07) is 0. The summed E-state index contributed by atoms with van der Waals surface area (Å²) in [5, 5.41) is 0. The Balaban J connectivity index is 2.93. The lowest BCUT2D eigenvalue weighted by atomic mass is 10.0. The van der Waals surface area contributed by atoms with Crippen LogP contribution in [0.4, 0.5) is 0 Å².